The fourth-order valence-corrected chi connectivity index (χ4v) is 4.55. The van der Waals surface area contributed by atoms with Crippen LogP contribution in [0.15, 0.2) is 54.7 Å². The van der Waals surface area contributed by atoms with Crippen molar-refractivity contribution in [2.45, 2.75) is 12.5 Å². The van der Waals surface area contributed by atoms with Gasteiger partial charge in [-0.15, -0.1) is 11.3 Å². The molecular weight excluding hydrogens is 458 g/mol. The second kappa shape index (κ2) is 10.9. The number of aliphatic carboxylic acids is 1. The molecule has 4 rings (SSSR count). The van der Waals surface area contributed by atoms with E-state index in [0.29, 0.717) is 9.88 Å². The van der Waals surface area contributed by atoms with Crippen molar-refractivity contribution in [3.63, 3.8) is 0 Å². The zero-order valence-electron chi connectivity index (χ0n) is 18.2. The van der Waals surface area contributed by atoms with Crippen LogP contribution in [0.5, 0.6) is 0 Å². The number of carbonyl (C=O) groups is 3. The van der Waals surface area contributed by atoms with Crippen LogP contribution in [0.2, 0.25) is 0 Å². The van der Waals surface area contributed by atoms with Gasteiger partial charge in [-0.3, -0.25) is 4.79 Å². The standard InChI is InChI=1S/C24H23N3O6S/c28-22(29)14-32-10-9-25-23(30)20-11-26-21(34-20)12-27-24(31)33-13-19-17-7-3-1-5-15(17)16-6-2-4-8-18(16)19/h1-8,11,19H,9-10,12-14H2,(H,25,30)(H,27,31)(H,28,29). The van der Waals surface area contributed by atoms with Gasteiger partial charge in [-0.05, 0) is 22.3 Å². The minimum atomic E-state index is -1.07. The van der Waals surface area contributed by atoms with Gasteiger partial charge in [-0.2, -0.15) is 0 Å². The Labute approximate surface area is 199 Å². The molecule has 0 bridgehead atoms. The molecule has 3 N–H and O–H groups in total. The number of ether oxygens (including phenoxy) is 2. The van der Waals surface area contributed by atoms with E-state index < -0.39 is 18.7 Å². The van der Waals surface area contributed by atoms with Gasteiger partial charge >= 0.3 is 12.1 Å². The lowest BCUT2D eigenvalue weighted by Gasteiger charge is -2.14. The molecule has 34 heavy (non-hydrogen) atoms. The molecular formula is C24H23N3O6S. The molecule has 176 valence electrons. The van der Waals surface area contributed by atoms with E-state index in [2.05, 4.69) is 39.9 Å². The number of amides is 2. The van der Waals surface area contributed by atoms with Gasteiger partial charge in [0, 0.05) is 12.5 Å². The molecule has 3 aromatic rings. The topological polar surface area (TPSA) is 127 Å². The third-order valence-corrected chi connectivity index (χ3v) is 6.26. The summed E-state index contributed by atoms with van der Waals surface area (Å²) < 4.78 is 10.4. The van der Waals surface area contributed by atoms with Crippen molar-refractivity contribution in [1.29, 1.82) is 0 Å². The zero-order valence-corrected chi connectivity index (χ0v) is 19.0. The Hall–Kier alpha value is -3.76. The number of hydrogen-bond donors (Lipinski definition) is 3. The van der Waals surface area contributed by atoms with E-state index in [-0.39, 0.29) is 38.1 Å². The highest BCUT2D eigenvalue weighted by Gasteiger charge is 2.29. The summed E-state index contributed by atoms with van der Waals surface area (Å²) in [5, 5.41) is 14.4. The fourth-order valence-electron chi connectivity index (χ4n) is 3.78. The van der Waals surface area contributed by atoms with Crippen LogP contribution >= 0.6 is 11.3 Å². The Kier molecular flexibility index (Phi) is 7.51. The van der Waals surface area contributed by atoms with Crippen molar-refractivity contribution < 1.29 is 29.0 Å². The lowest BCUT2D eigenvalue weighted by atomic mass is 9.98. The van der Waals surface area contributed by atoms with Crippen LogP contribution in [0.3, 0.4) is 0 Å². The van der Waals surface area contributed by atoms with Gasteiger partial charge in [0.1, 0.15) is 23.1 Å². The van der Waals surface area contributed by atoms with Gasteiger partial charge < -0.3 is 25.2 Å². The van der Waals surface area contributed by atoms with Crippen molar-refractivity contribution in [2.75, 3.05) is 26.4 Å². The van der Waals surface area contributed by atoms with Gasteiger partial charge in [0.15, 0.2) is 0 Å². The maximum absolute atomic E-state index is 12.3. The molecule has 0 aliphatic heterocycles. The van der Waals surface area contributed by atoms with E-state index in [1.54, 1.807) is 0 Å². The van der Waals surface area contributed by atoms with Crippen LogP contribution in [0.1, 0.15) is 31.7 Å². The highest BCUT2D eigenvalue weighted by atomic mass is 32.1. The van der Waals surface area contributed by atoms with Crippen LogP contribution in [0, 0.1) is 0 Å². The average molecular weight is 482 g/mol. The number of nitrogens with one attached hydrogen (secondary N) is 2. The summed E-state index contributed by atoms with van der Waals surface area (Å²) in [6, 6.07) is 16.2. The van der Waals surface area contributed by atoms with Gasteiger partial charge in [-0.25, -0.2) is 14.6 Å². The van der Waals surface area contributed by atoms with Crippen molar-refractivity contribution in [3.05, 3.63) is 75.7 Å². The Bertz CT molecular complexity index is 1150. The highest BCUT2D eigenvalue weighted by molar-refractivity contribution is 7.13. The van der Waals surface area contributed by atoms with E-state index in [0.717, 1.165) is 33.6 Å². The molecule has 1 aliphatic carbocycles. The lowest BCUT2D eigenvalue weighted by molar-refractivity contribution is -0.142. The number of rotatable bonds is 10. The minimum Gasteiger partial charge on any atom is -0.480 e. The Morgan fingerprint density at radius 1 is 1.00 bits per heavy atom. The van der Waals surface area contributed by atoms with E-state index in [4.69, 9.17) is 14.6 Å². The lowest BCUT2D eigenvalue weighted by Crippen LogP contribution is -2.27. The number of nitrogens with zero attached hydrogens (tertiary/aromatic N) is 1. The molecule has 1 aliphatic rings. The molecule has 0 fully saturated rings. The summed E-state index contributed by atoms with van der Waals surface area (Å²) in [5.74, 6) is -1.43. The second-order valence-corrected chi connectivity index (χ2v) is 8.61. The summed E-state index contributed by atoms with van der Waals surface area (Å²) in [6.45, 7) is 0.207. The van der Waals surface area contributed by atoms with Crippen molar-refractivity contribution in [3.8, 4) is 11.1 Å². The molecule has 0 radical (unpaired) electrons. The summed E-state index contributed by atoms with van der Waals surface area (Å²) in [5.41, 5.74) is 4.60. The van der Waals surface area contributed by atoms with E-state index in [1.165, 1.54) is 6.20 Å². The smallest absolute Gasteiger partial charge is 0.407 e. The SMILES string of the molecule is O=C(O)COCCNC(=O)c1cnc(CNC(=O)OCC2c3ccccc3-c3ccccc32)s1. The van der Waals surface area contributed by atoms with Gasteiger partial charge in [0.2, 0.25) is 0 Å². The molecule has 1 heterocycles. The van der Waals surface area contributed by atoms with Crippen LogP contribution < -0.4 is 10.6 Å². The fraction of sp³-hybridized carbons (Fsp3) is 0.250. The van der Waals surface area contributed by atoms with E-state index >= 15 is 0 Å². The predicted molar refractivity (Wildman–Crippen MR) is 125 cm³/mol. The van der Waals surface area contributed by atoms with Crippen LogP contribution in [-0.2, 0) is 20.8 Å². The number of carbonyl (C=O) groups excluding carboxylic acids is 2. The third-order valence-electron chi connectivity index (χ3n) is 5.26. The molecule has 2 amide bonds. The highest BCUT2D eigenvalue weighted by Crippen LogP contribution is 2.44. The number of carboxylic acids is 1. The first-order valence-electron chi connectivity index (χ1n) is 10.6. The first-order valence-corrected chi connectivity index (χ1v) is 11.5. The predicted octanol–water partition coefficient (Wildman–Crippen LogP) is 3.01. The Morgan fingerprint density at radius 2 is 1.68 bits per heavy atom. The van der Waals surface area contributed by atoms with Crippen LogP contribution in [-0.4, -0.2) is 54.4 Å². The van der Waals surface area contributed by atoms with Gasteiger partial charge in [0.05, 0.1) is 19.3 Å². The number of thiazole rings is 1. The summed E-state index contributed by atoms with van der Waals surface area (Å²) in [7, 11) is 0. The maximum Gasteiger partial charge on any atom is 0.407 e. The normalized spacial score (nSPS) is 12.0. The molecule has 2 aromatic carbocycles. The van der Waals surface area contributed by atoms with Gasteiger partial charge in [-0.1, -0.05) is 48.5 Å². The molecule has 0 unspecified atom stereocenters. The number of benzene rings is 2. The van der Waals surface area contributed by atoms with Crippen LogP contribution in [0.4, 0.5) is 4.79 Å². The molecule has 0 spiro atoms. The number of carboxylic acid groups (broad SMARTS) is 1. The van der Waals surface area contributed by atoms with Crippen molar-refractivity contribution >= 4 is 29.3 Å². The van der Waals surface area contributed by atoms with Crippen LogP contribution in [0.25, 0.3) is 11.1 Å². The summed E-state index contributed by atoms with van der Waals surface area (Å²) >= 11 is 1.15. The number of hydrogen-bond acceptors (Lipinski definition) is 7. The van der Waals surface area contributed by atoms with Crippen molar-refractivity contribution in [2.24, 2.45) is 0 Å². The first kappa shape index (κ1) is 23.4. The number of aromatic nitrogens is 1. The van der Waals surface area contributed by atoms with Crippen molar-refractivity contribution in [1.82, 2.24) is 15.6 Å². The minimum absolute atomic E-state index is 0.0206. The zero-order chi connectivity index (χ0) is 23.9. The second-order valence-electron chi connectivity index (χ2n) is 7.50. The first-order chi connectivity index (χ1) is 16.5. The largest absolute Gasteiger partial charge is 0.480 e. The van der Waals surface area contributed by atoms with E-state index in [9.17, 15) is 14.4 Å². The Balaban J connectivity index is 1.24. The molecule has 0 atom stereocenters. The number of fused-ring (bicyclic) bond motifs is 3. The monoisotopic (exact) mass is 481 g/mol. The average Bonchev–Trinajstić information content (AvgIpc) is 3.44. The summed E-state index contributed by atoms with van der Waals surface area (Å²) in [4.78, 5) is 39.3. The Morgan fingerprint density at radius 3 is 2.35 bits per heavy atom. The maximum atomic E-state index is 12.3. The summed E-state index contributed by atoms with van der Waals surface area (Å²) in [6.07, 6.45) is 0.867. The number of alkyl carbamates (subject to hydrolysis) is 1. The third kappa shape index (κ3) is 5.59. The molecule has 1 aromatic heterocycles. The molecule has 0 saturated heterocycles. The van der Waals surface area contributed by atoms with Gasteiger partial charge in [0.25, 0.3) is 5.91 Å². The van der Waals surface area contributed by atoms with E-state index in [1.807, 2.05) is 24.3 Å². The molecule has 10 heteroatoms. The molecule has 0 saturated carbocycles. The molecule has 9 nitrogen and oxygen atoms in total. The quantitative estimate of drug-likeness (QED) is 0.380.